The fraction of sp³-hybridized carbons (Fsp3) is 0.333. The van der Waals surface area contributed by atoms with Gasteiger partial charge in [0.25, 0.3) is 0 Å². The Kier molecular flexibility index (Phi) is 3.03. The SMILES string of the molecule is Cn1ccc(C(=O)[C@@H]([NH3+])CC(=O)[O-])c1. The quantitative estimate of drug-likeness (QED) is 0.562. The van der Waals surface area contributed by atoms with Crippen molar-refractivity contribution in [3.8, 4) is 0 Å². The van der Waals surface area contributed by atoms with Crippen molar-refractivity contribution in [1.29, 1.82) is 0 Å². The summed E-state index contributed by atoms with van der Waals surface area (Å²) in [5.74, 6) is -1.52. The summed E-state index contributed by atoms with van der Waals surface area (Å²) >= 11 is 0. The van der Waals surface area contributed by atoms with Crippen molar-refractivity contribution >= 4 is 11.8 Å². The molecule has 1 rings (SSSR count). The molecule has 0 fully saturated rings. The number of Topliss-reactive ketones (excluding diaryl/α,β-unsaturated/α-hetero) is 1. The second-order valence-electron chi connectivity index (χ2n) is 3.20. The summed E-state index contributed by atoms with van der Waals surface area (Å²) in [5, 5.41) is 10.2. The molecule has 76 valence electrons. The Morgan fingerprint density at radius 2 is 2.29 bits per heavy atom. The lowest BCUT2D eigenvalue weighted by atomic mass is 10.1. The molecule has 0 unspecified atom stereocenters. The summed E-state index contributed by atoms with van der Waals surface area (Å²) in [5.41, 5.74) is 3.96. The van der Waals surface area contributed by atoms with Crippen molar-refractivity contribution in [3.05, 3.63) is 24.0 Å². The van der Waals surface area contributed by atoms with E-state index in [9.17, 15) is 14.7 Å². The van der Waals surface area contributed by atoms with Gasteiger partial charge in [-0.2, -0.15) is 0 Å². The molecule has 1 heterocycles. The monoisotopic (exact) mass is 196 g/mol. The number of quaternary nitrogens is 1. The van der Waals surface area contributed by atoms with E-state index < -0.39 is 12.0 Å². The van der Waals surface area contributed by atoms with Gasteiger partial charge in [-0.25, -0.2) is 0 Å². The van der Waals surface area contributed by atoms with Gasteiger partial charge in [-0.1, -0.05) is 0 Å². The van der Waals surface area contributed by atoms with Crippen LogP contribution in [-0.4, -0.2) is 22.4 Å². The van der Waals surface area contributed by atoms with Crippen LogP contribution in [0.1, 0.15) is 16.8 Å². The van der Waals surface area contributed by atoms with Gasteiger partial charge in [-0.15, -0.1) is 0 Å². The molecule has 0 aliphatic heterocycles. The molecule has 0 saturated heterocycles. The highest BCUT2D eigenvalue weighted by molar-refractivity contribution is 6.00. The molecular weight excluding hydrogens is 184 g/mol. The maximum absolute atomic E-state index is 11.5. The van der Waals surface area contributed by atoms with Gasteiger partial charge in [0, 0.05) is 37.4 Å². The van der Waals surface area contributed by atoms with Crippen molar-refractivity contribution in [2.24, 2.45) is 7.05 Å². The number of aliphatic carboxylic acids is 1. The Morgan fingerprint density at radius 1 is 1.64 bits per heavy atom. The number of carboxylic acid groups (broad SMARTS) is 1. The first-order valence-corrected chi connectivity index (χ1v) is 4.20. The second kappa shape index (κ2) is 4.06. The van der Waals surface area contributed by atoms with Gasteiger partial charge >= 0.3 is 0 Å². The molecule has 0 spiro atoms. The fourth-order valence-corrected chi connectivity index (χ4v) is 1.18. The Labute approximate surface area is 81.1 Å². The number of carboxylic acids is 1. The molecule has 1 atom stereocenters. The summed E-state index contributed by atoms with van der Waals surface area (Å²) in [6.07, 6.45) is 3.02. The Bertz CT molecular complexity index is 357. The number of hydrogen-bond donors (Lipinski definition) is 1. The van der Waals surface area contributed by atoms with Gasteiger partial charge in [0.2, 0.25) is 5.78 Å². The molecule has 0 saturated carbocycles. The fourth-order valence-electron chi connectivity index (χ4n) is 1.18. The van der Waals surface area contributed by atoms with Gasteiger partial charge in [0.05, 0.1) is 0 Å². The lowest BCUT2D eigenvalue weighted by Crippen LogP contribution is -2.66. The van der Waals surface area contributed by atoms with Crippen LogP contribution in [0.4, 0.5) is 0 Å². The van der Waals surface area contributed by atoms with Crippen LogP contribution in [0.5, 0.6) is 0 Å². The molecule has 0 aromatic carbocycles. The minimum atomic E-state index is -1.26. The third kappa shape index (κ3) is 2.43. The van der Waals surface area contributed by atoms with Crippen LogP contribution < -0.4 is 10.8 Å². The minimum absolute atomic E-state index is 0.269. The summed E-state index contributed by atoms with van der Waals surface area (Å²) in [6, 6.07) is 0.859. The number of nitrogens with zero attached hydrogens (tertiary/aromatic N) is 1. The van der Waals surface area contributed by atoms with Crippen molar-refractivity contribution in [1.82, 2.24) is 4.57 Å². The van der Waals surface area contributed by atoms with Crippen LogP contribution in [0.3, 0.4) is 0 Å². The van der Waals surface area contributed by atoms with E-state index in [0.717, 1.165) is 0 Å². The number of aryl methyl sites for hydroxylation is 1. The van der Waals surface area contributed by atoms with Crippen LogP contribution in [0.2, 0.25) is 0 Å². The van der Waals surface area contributed by atoms with Crippen LogP contribution >= 0.6 is 0 Å². The zero-order valence-corrected chi connectivity index (χ0v) is 7.90. The average Bonchev–Trinajstić information content (AvgIpc) is 2.49. The predicted molar refractivity (Wildman–Crippen MR) is 46.0 cm³/mol. The normalized spacial score (nSPS) is 12.4. The lowest BCUT2D eigenvalue weighted by Gasteiger charge is -2.06. The van der Waals surface area contributed by atoms with Crippen molar-refractivity contribution in [2.75, 3.05) is 0 Å². The highest BCUT2D eigenvalue weighted by Gasteiger charge is 2.19. The van der Waals surface area contributed by atoms with Gasteiger partial charge in [0.1, 0.15) is 0 Å². The van der Waals surface area contributed by atoms with E-state index in [0.29, 0.717) is 5.56 Å². The second-order valence-corrected chi connectivity index (χ2v) is 3.20. The van der Waals surface area contributed by atoms with E-state index in [4.69, 9.17) is 0 Å². The molecule has 1 aromatic rings. The molecule has 0 amide bonds. The number of ketones is 1. The number of aromatic nitrogens is 1. The summed E-state index contributed by atoms with van der Waals surface area (Å²) in [7, 11) is 1.79. The van der Waals surface area contributed by atoms with Crippen molar-refractivity contribution < 1.29 is 20.4 Å². The first-order valence-electron chi connectivity index (χ1n) is 4.20. The molecule has 0 aliphatic carbocycles. The smallest absolute Gasteiger partial charge is 0.221 e. The third-order valence-electron chi connectivity index (χ3n) is 1.90. The maximum Gasteiger partial charge on any atom is 0.221 e. The van der Waals surface area contributed by atoms with E-state index in [2.05, 4.69) is 5.73 Å². The number of rotatable bonds is 4. The predicted octanol–water partition coefficient (Wildman–Crippen LogP) is -2.04. The van der Waals surface area contributed by atoms with Gasteiger partial charge in [0.15, 0.2) is 6.04 Å². The maximum atomic E-state index is 11.5. The van der Waals surface area contributed by atoms with E-state index in [1.807, 2.05) is 0 Å². The van der Waals surface area contributed by atoms with E-state index in [1.165, 1.54) is 0 Å². The van der Waals surface area contributed by atoms with E-state index in [-0.39, 0.29) is 12.2 Å². The van der Waals surface area contributed by atoms with Crippen LogP contribution in [0, 0.1) is 0 Å². The van der Waals surface area contributed by atoms with Gasteiger partial charge in [-0.05, 0) is 6.07 Å². The number of carbonyl (C=O) groups excluding carboxylic acids is 2. The lowest BCUT2D eigenvalue weighted by molar-refractivity contribution is -0.404. The Hall–Kier alpha value is -1.62. The summed E-state index contributed by atoms with van der Waals surface area (Å²) in [4.78, 5) is 21.8. The molecule has 0 radical (unpaired) electrons. The van der Waals surface area contributed by atoms with Crippen LogP contribution in [0.15, 0.2) is 18.5 Å². The average molecular weight is 196 g/mol. The van der Waals surface area contributed by atoms with E-state index >= 15 is 0 Å². The highest BCUT2D eigenvalue weighted by atomic mass is 16.4. The number of carbonyl (C=O) groups is 2. The number of hydrogen-bond acceptors (Lipinski definition) is 3. The summed E-state index contributed by atoms with van der Waals surface area (Å²) < 4.78 is 1.72. The molecular formula is C9H12N2O3. The van der Waals surface area contributed by atoms with Crippen LogP contribution in [0.25, 0.3) is 0 Å². The topological polar surface area (TPSA) is 89.8 Å². The molecule has 0 aliphatic rings. The zero-order chi connectivity index (χ0) is 10.7. The molecule has 5 heteroatoms. The van der Waals surface area contributed by atoms with Gasteiger partial charge < -0.3 is 20.2 Å². The third-order valence-corrected chi connectivity index (χ3v) is 1.90. The standard InChI is InChI=1S/C9H12N2O3/c1-11-3-2-6(5-11)9(14)7(10)4-8(12)13/h2-3,5,7H,4,10H2,1H3,(H,12,13)/t7-/m0/s1. The van der Waals surface area contributed by atoms with Gasteiger partial charge in [-0.3, -0.25) is 4.79 Å². The molecule has 5 nitrogen and oxygen atoms in total. The molecule has 0 bridgehead atoms. The Balaban J connectivity index is 2.70. The minimum Gasteiger partial charge on any atom is -0.550 e. The zero-order valence-electron chi connectivity index (χ0n) is 7.90. The van der Waals surface area contributed by atoms with E-state index in [1.54, 1.807) is 30.1 Å². The Morgan fingerprint density at radius 3 is 2.71 bits per heavy atom. The largest absolute Gasteiger partial charge is 0.550 e. The van der Waals surface area contributed by atoms with Crippen molar-refractivity contribution in [2.45, 2.75) is 12.5 Å². The van der Waals surface area contributed by atoms with Crippen LogP contribution in [-0.2, 0) is 11.8 Å². The first-order chi connectivity index (χ1) is 6.50. The molecule has 3 N–H and O–H groups in total. The van der Waals surface area contributed by atoms with Crippen molar-refractivity contribution in [3.63, 3.8) is 0 Å². The first kappa shape index (κ1) is 10.5. The highest BCUT2D eigenvalue weighted by Crippen LogP contribution is 2.03. The molecule has 14 heavy (non-hydrogen) atoms. The summed E-state index contributed by atoms with van der Waals surface area (Å²) in [6.45, 7) is 0. The molecule has 1 aromatic heterocycles.